The van der Waals surface area contributed by atoms with E-state index in [9.17, 15) is 0 Å². The van der Waals surface area contributed by atoms with Crippen LogP contribution in [0.25, 0.3) is 0 Å². The number of hydrogen-bond acceptors (Lipinski definition) is 1. The van der Waals surface area contributed by atoms with Gasteiger partial charge in [-0.1, -0.05) is 19.7 Å². The molecular weight excluding hydrogens is 90.1 g/mol. The van der Waals surface area contributed by atoms with Gasteiger partial charge in [-0.15, -0.1) is 0 Å². The van der Waals surface area contributed by atoms with Crippen molar-refractivity contribution in [1.29, 1.82) is 0 Å². The van der Waals surface area contributed by atoms with Gasteiger partial charge in [0.1, 0.15) is 0 Å². The van der Waals surface area contributed by atoms with Crippen LogP contribution in [0.15, 0.2) is 12.8 Å². The maximum absolute atomic E-state index is 3.52. The highest BCUT2D eigenvalue weighted by atomic mass is 28.3. The summed E-state index contributed by atoms with van der Waals surface area (Å²) in [5.41, 5.74) is 0. The summed E-state index contributed by atoms with van der Waals surface area (Å²) in [5.74, 6) is 0. The quantitative estimate of drug-likeness (QED) is 0.510. The van der Waals surface area contributed by atoms with E-state index in [1.54, 1.807) is 6.20 Å². The van der Waals surface area contributed by atoms with Crippen molar-refractivity contribution < 1.29 is 0 Å². The maximum atomic E-state index is 3.52. The lowest BCUT2D eigenvalue weighted by molar-refractivity contribution is 1.33. The molecule has 0 spiro atoms. The third-order valence-electron chi connectivity index (χ3n) is 0.391. The van der Waals surface area contributed by atoms with Crippen molar-refractivity contribution in [3.8, 4) is 0 Å². The van der Waals surface area contributed by atoms with E-state index in [-0.39, 0.29) is 8.96 Å². The summed E-state index contributed by atoms with van der Waals surface area (Å²) < 4.78 is 0. The Balaban J connectivity index is 2.81. The van der Waals surface area contributed by atoms with Crippen LogP contribution < -0.4 is 4.98 Å². The zero-order valence-electron chi connectivity index (χ0n) is 4.28. The highest BCUT2D eigenvalue weighted by Crippen LogP contribution is 1.66. The van der Waals surface area contributed by atoms with E-state index < -0.39 is 0 Å². The Morgan fingerprint density at radius 2 is 2.17 bits per heavy atom. The van der Waals surface area contributed by atoms with E-state index in [4.69, 9.17) is 0 Å². The van der Waals surface area contributed by atoms with Crippen molar-refractivity contribution in [1.82, 2.24) is 4.98 Å². The largest absolute Gasteiger partial charge is 0.417 e. The Morgan fingerprint density at radius 1 is 1.67 bits per heavy atom. The molecule has 0 aromatic carbocycles. The number of rotatable bonds is 2. The van der Waals surface area contributed by atoms with Gasteiger partial charge >= 0.3 is 0 Å². The van der Waals surface area contributed by atoms with Crippen LogP contribution in [0.2, 0.25) is 13.1 Å². The fraction of sp³-hybridized carbons (Fsp3) is 0.500. The van der Waals surface area contributed by atoms with Crippen molar-refractivity contribution in [2.24, 2.45) is 0 Å². The van der Waals surface area contributed by atoms with E-state index in [1.807, 2.05) is 0 Å². The molecule has 0 fully saturated rings. The summed E-state index contributed by atoms with van der Waals surface area (Å²) in [6, 6.07) is 0. The van der Waals surface area contributed by atoms with Crippen LogP contribution in [0.5, 0.6) is 0 Å². The first-order valence-electron chi connectivity index (χ1n) is 1.95. The van der Waals surface area contributed by atoms with Crippen molar-refractivity contribution in [3.05, 3.63) is 12.8 Å². The van der Waals surface area contributed by atoms with Gasteiger partial charge in [-0.05, 0) is 6.20 Å². The average molecular weight is 100 g/mol. The van der Waals surface area contributed by atoms with Gasteiger partial charge in [0, 0.05) is 0 Å². The van der Waals surface area contributed by atoms with Crippen LogP contribution in [0.1, 0.15) is 0 Å². The first kappa shape index (κ1) is 5.76. The van der Waals surface area contributed by atoms with Crippen LogP contribution in [0.3, 0.4) is 0 Å². The van der Waals surface area contributed by atoms with Crippen LogP contribution in [0, 0.1) is 0 Å². The average Bonchev–Trinajstić information content (AvgIpc) is 1.35. The Kier molecular flexibility index (Phi) is 2.85. The lowest BCUT2D eigenvalue weighted by Gasteiger charge is -1.95. The second-order valence-corrected chi connectivity index (χ2v) is 3.64. The minimum Gasteiger partial charge on any atom is -0.417 e. The van der Waals surface area contributed by atoms with Crippen molar-refractivity contribution in [2.75, 3.05) is 0 Å². The fourth-order valence-corrected chi connectivity index (χ4v) is 0.612. The molecule has 1 N–H and O–H groups in total. The predicted octanol–water partition coefficient (Wildman–Crippen LogP) is 0.971. The summed E-state index contributed by atoms with van der Waals surface area (Å²) in [5, 5.41) is 0. The molecule has 1 radical (unpaired) electrons. The minimum atomic E-state index is -0.254. The summed E-state index contributed by atoms with van der Waals surface area (Å²) in [6.07, 6.45) is 1.74. The lowest BCUT2D eigenvalue weighted by Crippen LogP contribution is -2.19. The molecule has 0 amide bonds. The Hall–Kier alpha value is -0.243. The summed E-state index contributed by atoms with van der Waals surface area (Å²) in [7, 11) is -0.254. The highest BCUT2D eigenvalue weighted by Gasteiger charge is 1.84. The molecule has 35 valence electrons. The van der Waals surface area contributed by atoms with Gasteiger partial charge < -0.3 is 4.98 Å². The van der Waals surface area contributed by atoms with Crippen molar-refractivity contribution in [2.45, 2.75) is 13.1 Å². The SMILES string of the molecule is C=CN[Si](C)C. The third-order valence-corrected chi connectivity index (χ3v) is 1.17. The molecule has 0 aliphatic rings. The van der Waals surface area contributed by atoms with Gasteiger partial charge in [0.25, 0.3) is 0 Å². The monoisotopic (exact) mass is 100 g/mol. The molecule has 0 heterocycles. The van der Waals surface area contributed by atoms with Crippen molar-refractivity contribution in [3.63, 3.8) is 0 Å². The van der Waals surface area contributed by atoms with Crippen molar-refractivity contribution >= 4 is 8.96 Å². The maximum Gasteiger partial charge on any atom is 0.159 e. The van der Waals surface area contributed by atoms with Crippen LogP contribution in [-0.4, -0.2) is 8.96 Å². The lowest BCUT2D eigenvalue weighted by atomic mass is 11.1. The fourth-order valence-electron chi connectivity index (χ4n) is 0.204. The van der Waals surface area contributed by atoms with Gasteiger partial charge in [0.15, 0.2) is 8.96 Å². The molecule has 0 saturated heterocycles. The molecule has 2 heteroatoms. The minimum absolute atomic E-state index is 0.254. The molecule has 0 aliphatic carbocycles. The summed E-state index contributed by atoms with van der Waals surface area (Å²) >= 11 is 0. The second-order valence-electron chi connectivity index (χ2n) is 1.35. The second kappa shape index (κ2) is 2.97. The number of hydrogen-bond donors (Lipinski definition) is 1. The van der Waals surface area contributed by atoms with Gasteiger partial charge in [-0.3, -0.25) is 0 Å². The molecule has 0 saturated carbocycles. The molecule has 6 heavy (non-hydrogen) atoms. The molecule has 0 aromatic heterocycles. The molecule has 0 aromatic rings. The van der Waals surface area contributed by atoms with E-state index in [0.29, 0.717) is 0 Å². The third kappa shape index (κ3) is 3.76. The molecule has 0 unspecified atom stereocenters. The van der Waals surface area contributed by atoms with E-state index >= 15 is 0 Å². The van der Waals surface area contributed by atoms with Crippen LogP contribution >= 0.6 is 0 Å². The van der Waals surface area contributed by atoms with E-state index in [0.717, 1.165) is 0 Å². The zero-order valence-corrected chi connectivity index (χ0v) is 5.28. The van der Waals surface area contributed by atoms with E-state index in [2.05, 4.69) is 24.7 Å². The standard InChI is InChI=1S/C4H10NSi/c1-4-5-6(2)3/h4-5H,1H2,2-3H3. The molecule has 0 aliphatic heterocycles. The zero-order chi connectivity index (χ0) is 4.99. The Morgan fingerprint density at radius 3 is 2.17 bits per heavy atom. The van der Waals surface area contributed by atoms with Gasteiger partial charge in [-0.25, -0.2) is 0 Å². The first-order chi connectivity index (χ1) is 2.77. The molecular formula is C4H10NSi. The molecule has 1 nitrogen and oxygen atoms in total. The highest BCUT2D eigenvalue weighted by molar-refractivity contribution is 6.53. The molecule has 0 atom stereocenters. The first-order valence-corrected chi connectivity index (χ1v) is 4.45. The van der Waals surface area contributed by atoms with E-state index in [1.165, 1.54) is 0 Å². The summed E-state index contributed by atoms with van der Waals surface area (Å²) in [4.78, 5) is 3.07. The van der Waals surface area contributed by atoms with Crippen LogP contribution in [-0.2, 0) is 0 Å². The predicted molar refractivity (Wildman–Crippen MR) is 30.8 cm³/mol. The van der Waals surface area contributed by atoms with Gasteiger partial charge in [0.2, 0.25) is 0 Å². The van der Waals surface area contributed by atoms with Gasteiger partial charge in [-0.2, -0.15) is 0 Å². The normalized spacial score (nSPS) is 8.50. The smallest absolute Gasteiger partial charge is 0.159 e. The summed E-state index contributed by atoms with van der Waals surface area (Å²) in [6.45, 7) is 7.86. The topological polar surface area (TPSA) is 12.0 Å². The molecule has 0 bridgehead atoms. The Labute approximate surface area is 40.8 Å². The van der Waals surface area contributed by atoms with Gasteiger partial charge in [0.05, 0.1) is 0 Å². The van der Waals surface area contributed by atoms with Crippen LogP contribution in [0.4, 0.5) is 0 Å². The number of nitrogens with one attached hydrogen (secondary N) is 1. The Bertz CT molecular complexity index is 42.8. The molecule has 0 rings (SSSR count).